The van der Waals surface area contributed by atoms with Gasteiger partial charge >= 0.3 is 0 Å². The molecule has 2 heterocycles. The van der Waals surface area contributed by atoms with Crippen molar-refractivity contribution < 1.29 is 9.90 Å². The minimum absolute atomic E-state index is 0.0708. The first-order valence-electron chi connectivity index (χ1n) is 4.58. The van der Waals surface area contributed by atoms with Crippen molar-refractivity contribution in [2.24, 2.45) is 5.73 Å². The Morgan fingerprint density at radius 2 is 2.40 bits per heavy atom. The van der Waals surface area contributed by atoms with Gasteiger partial charge in [-0.1, -0.05) is 0 Å². The topological polar surface area (TPSA) is 81.1 Å². The molecule has 0 unspecified atom stereocenters. The summed E-state index contributed by atoms with van der Waals surface area (Å²) in [5.74, 6) is -0.535. The molecule has 0 aliphatic rings. The molecule has 5 heteroatoms. The number of rotatable bonds is 3. The number of hydrogen-bond acceptors (Lipinski definition) is 3. The largest absolute Gasteiger partial charge is 0.395 e. The minimum Gasteiger partial charge on any atom is -0.395 e. The van der Waals surface area contributed by atoms with E-state index in [0.29, 0.717) is 6.54 Å². The van der Waals surface area contributed by atoms with Crippen molar-refractivity contribution in [3.63, 3.8) is 0 Å². The Morgan fingerprint density at radius 1 is 1.60 bits per heavy atom. The third kappa shape index (κ3) is 1.69. The maximum Gasteiger partial charge on any atom is 0.267 e. The highest BCUT2D eigenvalue weighted by Crippen LogP contribution is 2.15. The number of primary amides is 1. The van der Waals surface area contributed by atoms with Crippen molar-refractivity contribution in [3.8, 4) is 0 Å². The average molecular weight is 205 g/mol. The Hall–Kier alpha value is -1.88. The maximum absolute atomic E-state index is 10.9. The number of carbonyl (C=O) groups excluding carboxylic acids is 1. The summed E-state index contributed by atoms with van der Waals surface area (Å²) in [7, 11) is 0. The van der Waals surface area contributed by atoms with Crippen LogP contribution in [0.5, 0.6) is 0 Å². The fourth-order valence-corrected chi connectivity index (χ4v) is 1.53. The molecule has 0 bridgehead atoms. The molecule has 0 atom stereocenters. The molecule has 78 valence electrons. The lowest BCUT2D eigenvalue weighted by Crippen LogP contribution is -2.12. The summed E-state index contributed by atoms with van der Waals surface area (Å²) in [6, 6.07) is 3.50. The quantitative estimate of drug-likeness (QED) is 0.747. The zero-order chi connectivity index (χ0) is 10.8. The van der Waals surface area contributed by atoms with Crippen LogP contribution >= 0.6 is 0 Å². The van der Waals surface area contributed by atoms with Gasteiger partial charge in [0, 0.05) is 18.1 Å². The van der Waals surface area contributed by atoms with Crippen molar-refractivity contribution >= 4 is 16.8 Å². The van der Waals surface area contributed by atoms with Gasteiger partial charge in [-0.2, -0.15) is 0 Å². The van der Waals surface area contributed by atoms with E-state index in [9.17, 15) is 4.79 Å². The molecule has 0 aromatic carbocycles. The molecule has 0 fully saturated rings. The number of pyridine rings is 1. The average Bonchev–Trinajstić information content (AvgIpc) is 2.61. The Kier molecular flexibility index (Phi) is 2.39. The van der Waals surface area contributed by atoms with Gasteiger partial charge in [0.25, 0.3) is 5.91 Å². The van der Waals surface area contributed by atoms with Gasteiger partial charge in [-0.05, 0) is 12.1 Å². The molecule has 0 radical (unpaired) electrons. The first kappa shape index (κ1) is 9.67. The number of fused-ring (bicyclic) bond motifs is 1. The van der Waals surface area contributed by atoms with Gasteiger partial charge in [-0.3, -0.25) is 4.79 Å². The Morgan fingerprint density at radius 3 is 3.07 bits per heavy atom. The molecule has 0 aliphatic heterocycles. The van der Waals surface area contributed by atoms with E-state index >= 15 is 0 Å². The van der Waals surface area contributed by atoms with Gasteiger partial charge in [0.15, 0.2) is 0 Å². The number of aromatic nitrogens is 2. The second kappa shape index (κ2) is 3.70. The summed E-state index contributed by atoms with van der Waals surface area (Å²) in [5, 5.41) is 9.72. The van der Waals surface area contributed by atoms with Gasteiger partial charge in [-0.15, -0.1) is 0 Å². The maximum atomic E-state index is 10.9. The van der Waals surface area contributed by atoms with E-state index < -0.39 is 5.91 Å². The lowest BCUT2D eigenvalue weighted by molar-refractivity contribution is 0.0996. The van der Waals surface area contributed by atoms with Gasteiger partial charge in [0.05, 0.1) is 18.3 Å². The highest BCUT2D eigenvalue weighted by Gasteiger charge is 2.06. The molecular formula is C10H11N3O2. The van der Waals surface area contributed by atoms with Crippen molar-refractivity contribution in [2.75, 3.05) is 6.61 Å². The molecule has 2 aromatic rings. The Balaban J connectivity index is 2.51. The van der Waals surface area contributed by atoms with Crippen LogP contribution in [0.1, 0.15) is 10.5 Å². The lowest BCUT2D eigenvalue weighted by Gasteiger charge is -2.02. The third-order valence-electron chi connectivity index (χ3n) is 2.25. The summed E-state index contributed by atoms with van der Waals surface area (Å²) >= 11 is 0. The van der Waals surface area contributed by atoms with Crippen molar-refractivity contribution in [2.45, 2.75) is 6.54 Å². The molecule has 0 aliphatic carbocycles. The zero-order valence-corrected chi connectivity index (χ0v) is 8.05. The van der Waals surface area contributed by atoms with E-state index in [1.807, 2.05) is 16.8 Å². The smallest absolute Gasteiger partial charge is 0.267 e. The van der Waals surface area contributed by atoms with Crippen LogP contribution in [0.25, 0.3) is 10.9 Å². The van der Waals surface area contributed by atoms with Crippen LogP contribution in [0, 0.1) is 0 Å². The van der Waals surface area contributed by atoms with Crippen molar-refractivity contribution in [1.29, 1.82) is 0 Å². The van der Waals surface area contributed by atoms with E-state index in [-0.39, 0.29) is 12.3 Å². The zero-order valence-electron chi connectivity index (χ0n) is 8.05. The molecule has 15 heavy (non-hydrogen) atoms. The van der Waals surface area contributed by atoms with E-state index in [4.69, 9.17) is 10.8 Å². The van der Waals surface area contributed by atoms with Gasteiger partial charge < -0.3 is 15.4 Å². The predicted octanol–water partition coefficient (Wildman–Crippen LogP) is 0.127. The summed E-state index contributed by atoms with van der Waals surface area (Å²) in [6.45, 7) is 0.586. The van der Waals surface area contributed by atoms with Crippen LogP contribution in [0.2, 0.25) is 0 Å². The SMILES string of the molecule is NC(=O)c1cc2ccn(CCO)c2cn1. The first-order chi connectivity index (χ1) is 7.22. The monoisotopic (exact) mass is 205 g/mol. The van der Waals surface area contributed by atoms with Crippen LogP contribution < -0.4 is 5.73 Å². The number of aliphatic hydroxyl groups is 1. The van der Waals surface area contributed by atoms with Crippen LogP contribution in [-0.2, 0) is 6.54 Å². The summed E-state index contributed by atoms with van der Waals surface area (Å²) in [4.78, 5) is 14.8. The lowest BCUT2D eigenvalue weighted by atomic mass is 10.2. The van der Waals surface area contributed by atoms with Gasteiger partial charge in [-0.25, -0.2) is 4.98 Å². The number of hydrogen-bond donors (Lipinski definition) is 2. The molecule has 0 saturated heterocycles. The summed E-state index contributed by atoms with van der Waals surface area (Å²) < 4.78 is 1.87. The van der Waals surface area contributed by atoms with E-state index in [1.165, 1.54) is 0 Å². The molecule has 2 rings (SSSR count). The summed E-state index contributed by atoms with van der Waals surface area (Å²) in [6.07, 6.45) is 3.43. The van der Waals surface area contributed by atoms with Gasteiger partial charge in [0.1, 0.15) is 5.69 Å². The molecule has 3 N–H and O–H groups in total. The van der Waals surface area contributed by atoms with Gasteiger partial charge in [0.2, 0.25) is 0 Å². The normalized spacial score (nSPS) is 10.7. The van der Waals surface area contributed by atoms with Crippen molar-refractivity contribution in [3.05, 3.63) is 30.2 Å². The van der Waals surface area contributed by atoms with E-state index in [2.05, 4.69) is 4.98 Å². The fourth-order valence-electron chi connectivity index (χ4n) is 1.53. The van der Waals surface area contributed by atoms with Crippen LogP contribution in [0.15, 0.2) is 24.5 Å². The third-order valence-corrected chi connectivity index (χ3v) is 2.25. The fraction of sp³-hybridized carbons (Fsp3) is 0.200. The molecule has 5 nitrogen and oxygen atoms in total. The standard InChI is InChI=1S/C10H11N3O2/c11-10(15)8-5-7-1-2-13(3-4-14)9(7)6-12-8/h1-2,5-6,14H,3-4H2,(H2,11,15). The number of aliphatic hydroxyl groups excluding tert-OH is 1. The number of nitrogens with zero attached hydrogens (tertiary/aromatic N) is 2. The van der Waals surface area contributed by atoms with E-state index in [0.717, 1.165) is 10.9 Å². The highest BCUT2D eigenvalue weighted by molar-refractivity contribution is 5.94. The molecule has 2 aromatic heterocycles. The second-order valence-electron chi connectivity index (χ2n) is 3.23. The second-order valence-corrected chi connectivity index (χ2v) is 3.23. The van der Waals surface area contributed by atoms with Crippen molar-refractivity contribution in [1.82, 2.24) is 9.55 Å². The van der Waals surface area contributed by atoms with Crippen LogP contribution in [0.3, 0.4) is 0 Å². The number of nitrogens with two attached hydrogens (primary N) is 1. The van der Waals surface area contributed by atoms with Crippen LogP contribution in [0.4, 0.5) is 0 Å². The Bertz CT molecular complexity index is 504. The highest BCUT2D eigenvalue weighted by atomic mass is 16.3. The molecule has 1 amide bonds. The molecule has 0 spiro atoms. The molecule has 0 saturated carbocycles. The minimum atomic E-state index is -0.535. The first-order valence-corrected chi connectivity index (χ1v) is 4.58. The van der Waals surface area contributed by atoms with Crippen LogP contribution in [-0.4, -0.2) is 27.2 Å². The Labute approximate surface area is 86.1 Å². The van der Waals surface area contributed by atoms with E-state index in [1.54, 1.807) is 12.3 Å². The molecular weight excluding hydrogens is 194 g/mol. The number of carbonyl (C=O) groups is 1. The predicted molar refractivity (Wildman–Crippen MR) is 55.3 cm³/mol. The number of amides is 1. The summed E-state index contributed by atoms with van der Waals surface area (Å²) in [5.41, 5.74) is 6.26.